The number of allylic oxidation sites excluding steroid dienone is 1. The van der Waals surface area contributed by atoms with Crippen molar-refractivity contribution in [1.29, 1.82) is 0 Å². The summed E-state index contributed by atoms with van der Waals surface area (Å²) in [5.74, 6) is 2.68. The maximum absolute atomic E-state index is 12.3. The highest BCUT2D eigenvalue weighted by atomic mass is 16.6. The van der Waals surface area contributed by atoms with Gasteiger partial charge in [-0.1, -0.05) is 53.7 Å². The largest absolute Gasteiger partial charge is 0.459 e. The van der Waals surface area contributed by atoms with Gasteiger partial charge in [0.05, 0.1) is 0 Å². The van der Waals surface area contributed by atoms with E-state index in [4.69, 9.17) is 9.47 Å². The van der Waals surface area contributed by atoms with Crippen molar-refractivity contribution in [2.75, 3.05) is 0 Å². The smallest absolute Gasteiger partial charge is 0.303 e. The van der Waals surface area contributed by atoms with Crippen LogP contribution in [0.1, 0.15) is 120 Å². The van der Waals surface area contributed by atoms with Crippen molar-refractivity contribution < 1.29 is 19.1 Å². The molecule has 4 nitrogen and oxygen atoms in total. The zero-order chi connectivity index (χ0) is 28.1. The summed E-state index contributed by atoms with van der Waals surface area (Å²) < 4.78 is 11.9. The maximum atomic E-state index is 12.3. The SMILES string of the molecule is C=C(C)[C@H]1CC[C@]2(C)C1CC[C@@]1(C)[C@H]2CC[C@H]2[C@@]3(C)C[C@@H](OC(C)=O)[C@H](OC(C)=O)C(C)(C)[C@@H]3CC[C@@]21C. The van der Waals surface area contributed by atoms with Crippen molar-refractivity contribution in [3.05, 3.63) is 12.2 Å². The summed E-state index contributed by atoms with van der Waals surface area (Å²) in [5, 5.41) is 0. The number of esters is 2. The van der Waals surface area contributed by atoms with Gasteiger partial charge in [0.2, 0.25) is 0 Å². The molecule has 0 spiro atoms. The van der Waals surface area contributed by atoms with Crippen LogP contribution in [0.15, 0.2) is 12.2 Å². The number of carbonyl (C=O) groups is 2. The molecular formula is C34H54O4. The Kier molecular flexibility index (Phi) is 6.56. The lowest BCUT2D eigenvalue weighted by atomic mass is 9.31. The third-order valence-corrected chi connectivity index (χ3v) is 14.1. The minimum atomic E-state index is -0.398. The molecule has 214 valence electrons. The van der Waals surface area contributed by atoms with Gasteiger partial charge in [0, 0.05) is 19.3 Å². The molecule has 0 N–H and O–H groups in total. The summed E-state index contributed by atoms with van der Waals surface area (Å²) in [6.07, 6.45) is 10.3. The molecule has 5 fully saturated rings. The van der Waals surface area contributed by atoms with E-state index in [-0.39, 0.29) is 34.3 Å². The second kappa shape index (κ2) is 8.84. The van der Waals surface area contributed by atoms with E-state index in [1.54, 1.807) is 0 Å². The molecule has 0 aliphatic heterocycles. The number of rotatable bonds is 3. The van der Waals surface area contributed by atoms with Gasteiger partial charge in [-0.2, -0.15) is 0 Å². The molecule has 5 aliphatic rings. The van der Waals surface area contributed by atoms with E-state index >= 15 is 0 Å². The van der Waals surface area contributed by atoms with Gasteiger partial charge >= 0.3 is 11.9 Å². The molecule has 0 radical (unpaired) electrons. The van der Waals surface area contributed by atoms with Crippen molar-refractivity contribution in [3.8, 4) is 0 Å². The quantitative estimate of drug-likeness (QED) is 0.275. The van der Waals surface area contributed by atoms with Crippen LogP contribution in [-0.4, -0.2) is 24.1 Å². The third kappa shape index (κ3) is 3.66. The first-order valence-electron chi connectivity index (χ1n) is 15.5. The monoisotopic (exact) mass is 526 g/mol. The van der Waals surface area contributed by atoms with Gasteiger partial charge in [-0.25, -0.2) is 0 Å². The van der Waals surface area contributed by atoms with Crippen LogP contribution in [0.4, 0.5) is 0 Å². The number of carbonyl (C=O) groups excluding carboxylic acids is 2. The van der Waals surface area contributed by atoms with Crippen molar-refractivity contribution in [2.45, 2.75) is 132 Å². The van der Waals surface area contributed by atoms with Crippen molar-refractivity contribution in [1.82, 2.24) is 0 Å². The van der Waals surface area contributed by atoms with E-state index in [9.17, 15) is 9.59 Å². The van der Waals surface area contributed by atoms with Crippen LogP contribution in [-0.2, 0) is 19.1 Å². The first-order chi connectivity index (χ1) is 17.5. The van der Waals surface area contributed by atoms with Crippen molar-refractivity contribution in [2.24, 2.45) is 56.7 Å². The summed E-state index contributed by atoms with van der Waals surface area (Å²) in [5.41, 5.74) is 2.15. The van der Waals surface area contributed by atoms with Gasteiger partial charge in [0.1, 0.15) is 12.2 Å². The van der Waals surface area contributed by atoms with Crippen LogP contribution in [0.25, 0.3) is 0 Å². The molecular weight excluding hydrogens is 472 g/mol. The van der Waals surface area contributed by atoms with Crippen LogP contribution < -0.4 is 0 Å². The van der Waals surface area contributed by atoms with Gasteiger partial charge < -0.3 is 9.47 Å². The Balaban J connectivity index is 1.53. The lowest BCUT2D eigenvalue weighted by Gasteiger charge is -2.73. The average Bonchev–Trinajstić information content (AvgIpc) is 3.13. The molecule has 0 bridgehead atoms. The minimum Gasteiger partial charge on any atom is -0.459 e. The molecule has 0 heterocycles. The molecule has 1 unspecified atom stereocenters. The second-order valence-corrected chi connectivity index (χ2v) is 16.0. The number of hydrogen-bond acceptors (Lipinski definition) is 4. The molecule has 5 rings (SSSR count). The molecule has 0 amide bonds. The van der Waals surface area contributed by atoms with Gasteiger partial charge in [-0.3, -0.25) is 9.59 Å². The Morgan fingerprint density at radius 3 is 1.79 bits per heavy atom. The molecule has 38 heavy (non-hydrogen) atoms. The van der Waals surface area contributed by atoms with Gasteiger partial charge in [0.15, 0.2) is 0 Å². The first-order valence-corrected chi connectivity index (χ1v) is 15.5. The van der Waals surface area contributed by atoms with Gasteiger partial charge in [-0.15, -0.1) is 0 Å². The van der Waals surface area contributed by atoms with Crippen LogP contribution >= 0.6 is 0 Å². The Bertz CT molecular complexity index is 1010. The maximum Gasteiger partial charge on any atom is 0.303 e. The van der Waals surface area contributed by atoms with Crippen molar-refractivity contribution >= 4 is 11.9 Å². The lowest BCUT2D eigenvalue weighted by molar-refractivity contribution is -0.270. The van der Waals surface area contributed by atoms with Crippen LogP contribution in [0, 0.1) is 56.7 Å². The molecule has 0 aromatic rings. The van der Waals surface area contributed by atoms with Crippen LogP contribution in [0.2, 0.25) is 0 Å². The first kappa shape index (κ1) is 28.2. The second-order valence-electron chi connectivity index (χ2n) is 16.0. The Morgan fingerprint density at radius 1 is 0.684 bits per heavy atom. The Morgan fingerprint density at radius 2 is 1.24 bits per heavy atom. The molecule has 5 saturated carbocycles. The van der Waals surface area contributed by atoms with E-state index in [2.05, 4.69) is 55.0 Å². The summed E-state index contributed by atoms with van der Waals surface area (Å²) >= 11 is 0. The molecule has 4 heteroatoms. The highest BCUT2D eigenvalue weighted by Gasteiger charge is 2.72. The van der Waals surface area contributed by atoms with Crippen LogP contribution in [0.3, 0.4) is 0 Å². The van der Waals surface area contributed by atoms with E-state index in [0.717, 1.165) is 24.7 Å². The molecule has 11 atom stereocenters. The van der Waals surface area contributed by atoms with Crippen LogP contribution in [0.5, 0.6) is 0 Å². The molecule has 0 saturated heterocycles. The minimum absolute atomic E-state index is 0.0366. The van der Waals surface area contributed by atoms with E-state index in [1.807, 2.05) is 0 Å². The summed E-state index contributed by atoms with van der Waals surface area (Å²) in [7, 11) is 0. The third-order valence-electron chi connectivity index (χ3n) is 14.1. The number of fused-ring (bicyclic) bond motifs is 7. The highest BCUT2D eigenvalue weighted by Crippen LogP contribution is 2.78. The highest BCUT2D eigenvalue weighted by molar-refractivity contribution is 5.67. The van der Waals surface area contributed by atoms with Gasteiger partial charge in [0.25, 0.3) is 0 Å². The van der Waals surface area contributed by atoms with Gasteiger partial charge in [-0.05, 0) is 116 Å². The zero-order valence-corrected chi connectivity index (χ0v) is 25.7. The normalized spacial score (nSPS) is 51.0. The fourth-order valence-electron chi connectivity index (χ4n) is 12.6. The summed E-state index contributed by atoms with van der Waals surface area (Å²) in [6.45, 7) is 24.6. The Labute approximate surface area is 232 Å². The van der Waals surface area contributed by atoms with E-state index in [0.29, 0.717) is 28.6 Å². The predicted molar refractivity (Wildman–Crippen MR) is 151 cm³/mol. The fourth-order valence-corrected chi connectivity index (χ4v) is 12.6. The van der Waals surface area contributed by atoms with E-state index < -0.39 is 6.10 Å². The number of hydrogen-bond donors (Lipinski definition) is 0. The standard InChI is InChI=1S/C34H54O4/c1-20(2)23-13-16-31(7)24(23)14-17-33(9)27(31)11-12-28-32(8)19-25(37-21(3)35)29(38-22(4)36)30(5,6)26(32)15-18-34(28,33)10/h23-29H,1,11-19H2,2-10H3/t23-,24?,25-,26+,27+,28+,29+,31-,32+,33+,34+/m1/s1. The summed E-state index contributed by atoms with van der Waals surface area (Å²) in [6, 6.07) is 0. The molecule has 0 aromatic carbocycles. The average molecular weight is 527 g/mol. The number of ether oxygens (including phenoxy) is 2. The lowest BCUT2D eigenvalue weighted by Crippen LogP contribution is -2.69. The fraction of sp³-hybridized carbons (Fsp3) is 0.882. The Hall–Kier alpha value is -1.32. The van der Waals surface area contributed by atoms with Crippen molar-refractivity contribution in [3.63, 3.8) is 0 Å². The summed E-state index contributed by atoms with van der Waals surface area (Å²) in [4.78, 5) is 24.4. The predicted octanol–water partition coefficient (Wildman–Crippen LogP) is 8.14. The van der Waals surface area contributed by atoms with E-state index in [1.165, 1.54) is 64.4 Å². The topological polar surface area (TPSA) is 52.6 Å². The zero-order valence-electron chi connectivity index (χ0n) is 25.7. The molecule has 5 aliphatic carbocycles. The molecule has 0 aromatic heterocycles.